The van der Waals surface area contributed by atoms with E-state index in [4.69, 9.17) is 5.26 Å². The van der Waals surface area contributed by atoms with Crippen LogP contribution in [0.1, 0.15) is 32.6 Å². The molecule has 1 saturated carbocycles. The summed E-state index contributed by atoms with van der Waals surface area (Å²) < 4.78 is 0. The fraction of sp³-hybridized carbons (Fsp3) is 0.909. The van der Waals surface area contributed by atoms with Crippen LogP contribution in [0.4, 0.5) is 0 Å². The van der Waals surface area contributed by atoms with E-state index < -0.39 is 0 Å². The lowest BCUT2D eigenvalue weighted by atomic mass is 9.75. The molecule has 1 aliphatic carbocycles. The summed E-state index contributed by atoms with van der Waals surface area (Å²) in [5, 5.41) is 11.4. The Kier molecular flexibility index (Phi) is 3.77. The fourth-order valence-electron chi connectivity index (χ4n) is 2.56. The third-order valence-electron chi connectivity index (χ3n) is 3.51. The summed E-state index contributed by atoms with van der Waals surface area (Å²) in [6.07, 6.45) is 7.06. The molecule has 1 aliphatic rings. The van der Waals surface area contributed by atoms with Crippen LogP contribution in [0, 0.1) is 17.4 Å². The van der Waals surface area contributed by atoms with Crippen LogP contribution in [0.25, 0.3) is 0 Å². The Hall–Kier alpha value is -0.750. The van der Waals surface area contributed by atoms with Crippen LogP contribution >= 0.6 is 0 Å². The molecule has 0 radical (unpaired) electrons. The van der Waals surface area contributed by atoms with Gasteiger partial charge in [-0.05, 0) is 32.9 Å². The van der Waals surface area contributed by atoms with Crippen molar-refractivity contribution < 1.29 is 0 Å². The molecule has 0 aromatic rings. The van der Waals surface area contributed by atoms with Crippen molar-refractivity contribution in [2.45, 2.75) is 38.1 Å². The SMILES string of the molecule is CC1CCCC(CNC#N)(N(C)C)C1. The molecular weight excluding hydrogens is 174 g/mol. The standard InChI is InChI=1S/C11H21N3/c1-10-5-4-6-11(7-10,14(2)3)8-13-9-12/h10,13H,4-8H2,1-3H3. The first-order valence-electron chi connectivity index (χ1n) is 5.40. The topological polar surface area (TPSA) is 39.1 Å². The van der Waals surface area contributed by atoms with Crippen LogP contribution in [-0.4, -0.2) is 31.1 Å². The molecule has 0 aromatic heterocycles. The van der Waals surface area contributed by atoms with Crippen LogP contribution in [-0.2, 0) is 0 Å². The highest BCUT2D eigenvalue weighted by Gasteiger charge is 2.36. The van der Waals surface area contributed by atoms with Gasteiger partial charge in [0, 0.05) is 12.1 Å². The zero-order chi connectivity index (χ0) is 10.6. The number of nitrogens with one attached hydrogen (secondary N) is 1. The first-order chi connectivity index (χ1) is 6.60. The third kappa shape index (κ3) is 2.39. The van der Waals surface area contributed by atoms with Gasteiger partial charge in [0.2, 0.25) is 0 Å². The molecule has 80 valence electrons. The minimum atomic E-state index is 0.202. The monoisotopic (exact) mass is 195 g/mol. The molecule has 3 nitrogen and oxygen atoms in total. The number of likely N-dealkylation sites (N-methyl/N-ethyl adjacent to an activating group) is 1. The summed E-state index contributed by atoms with van der Waals surface area (Å²) in [4.78, 5) is 2.28. The average Bonchev–Trinajstić information content (AvgIpc) is 2.14. The van der Waals surface area contributed by atoms with E-state index in [0.29, 0.717) is 0 Å². The molecule has 0 aromatic carbocycles. The Morgan fingerprint density at radius 1 is 1.57 bits per heavy atom. The highest BCUT2D eigenvalue weighted by molar-refractivity contribution is 4.95. The van der Waals surface area contributed by atoms with Crippen molar-refractivity contribution in [3.05, 3.63) is 0 Å². The van der Waals surface area contributed by atoms with Gasteiger partial charge in [-0.3, -0.25) is 0 Å². The van der Waals surface area contributed by atoms with Crippen molar-refractivity contribution in [2.75, 3.05) is 20.6 Å². The third-order valence-corrected chi connectivity index (χ3v) is 3.51. The van der Waals surface area contributed by atoms with Crippen LogP contribution in [0.15, 0.2) is 0 Å². The van der Waals surface area contributed by atoms with Gasteiger partial charge >= 0.3 is 0 Å². The molecule has 14 heavy (non-hydrogen) atoms. The minimum Gasteiger partial charge on any atom is -0.322 e. The second-order valence-electron chi connectivity index (χ2n) is 4.79. The summed E-state index contributed by atoms with van der Waals surface area (Å²) >= 11 is 0. The molecule has 0 heterocycles. The molecule has 0 bridgehead atoms. The summed E-state index contributed by atoms with van der Waals surface area (Å²) in [7, 11) is 4.24. The number of rotatable bonds is 3. The van der Waals surface area contributed by atoms with Crippen LogP contribution in [0.5, 0.6) is 0 Å². The normalized spacial score (nSPS) is 32.6. The van der Waals surface area contributed by atoms with Gasteiger partial charge in [-0.1, -0.05) is 19.8 Å². The lowest BCUT2D eigenvalue weighted by Crippen LogP contribution is -2.53. The largest absolute Gasteiger partial charge is 0.322 e. The van der Waals surface area contributed by atoms with Crippen LogP contribution < -0.4 is 5.32 Å². The van der Waals surface area contributed by atoms with E-state index in [1.165, 1.54) is 25.7 Å². The molecule has 1 fully saturated rings. The molecule has 0 amide bonds. The predicted molar refractivity (Wildman–Crippen MR) is 57.7 cm³/mol. The molecule has 2 unspecified atom stereocenters. The maximum Gasteiger partial charge on any atom is 0.176 e. The minimum absolute atomic E-state index is 0.202. The number of nitrogens with zero attached hydrogens (tertiary/aromatic N) is 2. The maximum atomic E-state index is 8.58. The quantitative estimate of drug-likeness (QED) is 0.549. The number of hydrogen-bond donors (Lipinski definition) is 1. The highest BCUT2D eigenvalue weighted by Crippen LogP contribution is 2.35. The van der Waals surface area contributed by atoms with Crippen molar-refractivity contribution >= 4 is 0 Å². The van der Waals surface area contributed by atoms with Gasteiger partial charge in [0.05, 0.1) is 0 Å². The average molecular weight is 195 g/mol. The van der Waals surface area contributed by atoms with E-state index in [1.807, 2.05) is 6.19 Å². The molecule has 1 rings (SSSR count). The van der Waals surface area contributed by atoms with E-state index >= 15 is 0 Å². The van der Waals surface area contributed by atoms with Gasteiger partial charge in [0.1, 0.15) is 0 Å². The zero-order valence-corrected chi connectivity index (χ0v) is 9.51. The van der Waals surface area contributed by atoms with Gasteiger partial charge < -0.3 is 10.2 Å². The Labute approximate surface area is 87.1 Å². The Bertz CT molecular complexity index is 219. The van der Waals surface area contributed by atoms with Crippen molar-refractivity contribution in [2.24, 2.45) is 5.92 Å². The molecule has 0 spiro atoms. The lowest BCUT2D eigenvalue weighted by molar-refractivity contribution is 0.0790. The van der Waals surface area contributed by atoms with E-state index in [1.54, 1.807) is 0 Å². The lowest BCUT2D eigenvalue weighted by Gasteiger charge is -2.44. The van der Waals surface area contributed by atoms with E-state index in [9.17, 15) is 0 Å². The Morgan fingerprint density at radius 2 is 2.29 bits per heavy atom. The Morgan fingerprint density at radius 3 is 2.79 bits per heavy atom. The summed E-state index contributed by atoms with van der Waals surface area (Å²) in [6, 6.07) is 0. The second kappa shape index (κ2) is 4.65. The van der Waals surface area contributed by atoms with Gasteiger partial charge in [-0.15, -0.1) is 0 Å². The summed E-state index contributed by atoms with van der Waals surface area (Å²) in [5.74, 6) is 0.784. The van der Waals surface area contributed by atoms with Crippen LogP contribution in [0.3, 0.4) is 0 Å². The summed E-state index contributed by atoms with van der Waals surface area (Å²) in [5.41, 5.74) is 0.202. The van der Waals surface area contributed by atoms with Gasteiger partial charge in [0.25, 0.3) is 0 Å². The first kappa shape index (κ1) is 11.3. The predicted octanol–water partition coefficient (Wildman–Crippen LogP) is 1.57. The maximum absolute atomic E-state index is 8.58. The van der Waals surface area contributed by atoms with E-state index in [0.717, 1.165) is 12.5 Å². The zero-order valence-electron chi connectivity index (χ0n) is 9.51. The Balaban J connectivity index is 2.65. The smallest absolute Gasteiger partial charge is 0.176 e. The summed E-state index contributed by atoms with van der Waals surface area (Å²) in [6.45, 7) is 3.10. The molecule has 0 aliphatic heterocycles. The van der Waals surface area contributed by atoms with Crippen molar-refractivity contribution in [1.29, 1.82) is 5.26 Å². The molecule has 3 heteroatoms. The fourth-order valence-corrected chi connectivity index (χ4v) is 2.56. The molecular formula is C11H21N3. The van der Waals surface area contributed by atoms with Gasteiger partial charge in [-0.2, -0.15) is 5.26 Å². The molecule has 0 saturated heterocycles. The van der Waals surface area contributed by atoms with Gasteiger partial charge in [-0.25, -0.2) is 0 Å². The van der Waals surface area contributed by atoms with Crippen molar-refractivity contribution in [3.8, 4) is 6.19 Å². The van der Waals surface area contributed by atoms with Crippen LogP contribution in [0.2, 0.25) is 0 Å². The number of hydrogen-bond acceptors (Lipinski definition) is 3. The van der Waals surface area contributed by atoms with Crippen molar-refractivity contribution in [1.82, 2.24) is 10.2 Å². The van der Waals surface area contributed by atoms with Crippen molar-refractivity contribution in [3.63, 3.8) is 0 Å². The first-order valence-corrected chi connectivity index (χ1v) is 5.40. The van der Waals surface area contributed by atoms with E-state index in [2.05, 4.69) is 31.2 Å². The molecule has 1 N–H and O–H groups in total. The molecule has 2 atom stereocenters. The van der Waals surface area contributed by atoms with E-state index in [-0.39, 0.29) is 5.54 Å². The highest BCUT2D eigenvalue weighted by atomic mass is 15.2. The van der Waals surface area contributed by atoms with Gasteiger partial charge in [0.15, 0.2) is 6.19 Å². The number of nitriles is 1. The second-order valence-corrected chi connectivity index (χ2v) is 4.79.